The molecule has 2 heterocycles. The summed E-state index contributed by atoms with van der Waals surface area (Å²) in [6, 6.07) is 9.69. The Labute approximate surface area is 163 Å². The van der Waals surface area contributed by atoms with E-state index in [1.54, 1.807) is 7.05 Å². The Bertz CT molecular complexity index is 880. The van der Waals surface area contributed by atoms with E-state index in [0.717, 1.165) is 15.8 Å². The van der Waals surface area contributed by atoms with E-state index in [1.165, 1.54) is 21.8 Å². The average Bonchev–Trinajstić information content (AvgIpc) is 3.31. The fourth-order valence-electron chi connectivity index (χ4n) is 2.25. The predicted octanol–water partition coefficient (Wildman–Crippen LogP) is 4.16. The number of amides is 1. The van der Waals surface area contributed by atoms with Crippen molar-refractivity contribution in [3.05, 3.63) is 51.6 Å². The lowest BCUT2D eigenvalue weighted by Crippen LogP contribution is -2.31. The second-order valence-electron chi connectivity index (χ2n) is 5.65. The third-order valence-electron chi connectivity index (χ3n) is 3.76. The molecule has 6 nitrogen and oxygen atoms in total. The van der Waals surface area contributed by atoms with E-state index in [4.69, 9.17) is 9.26 Å². The third-order valence-corrected chi connectivity index (χ3v) is 5.25. The summed E-state index contributed by atoms with van der Waals surface area (Å²) >= 11 is 5.00. The summed E-state index contributed by atoms with van der Waals surface area (Å²) in [6.45, 7) is 2.26. The zero-order chi connectivity index (χ0) is 18.5. The van der Waals surface area contributed by atoms with Gasteiger partial charge in [-0.25, -0.2) is 0 Å². The first-order chi connectivity index (χ1) is 12.6. The molecular formula is C18H18BrN3O3S. The smallest absolute Gasteiger partial charge is 0.260 e. The van der Waals surface area contributed by atoms with Gasteiger partial charge in [0.25, 0.3) is 5.91 Å². The number of ether oxygens (including phenoxy) is 1. The molecule has 8 heteroatoms. The Balaban J connectivity index is 1.55. The summed E-state index contributed by atoms with van der Waals surface area (Å²) in [4.78, 5) is 19.0. The first-order valence-corrected chi connectivity index (χ1v) is 9.75. The van der Waals surface area contributed by atoms with E-state index in [0.29, 0.717) is 17.5 Å². The van der Waals surface area contributed by atoms with Gasteiger partial charge in [-0.2, -0.15) is 4.98 Å². The minimum Gasteiger partial charge on any atom is -0.483 e. The van der Waals surface area contributed by atoms with Crippen LogP contribution >= 0.6 is 27.3 Å². The van der Waals surface area contributed by atoms with Crippen molar-refractivity contribution < 1.29 is 14.1 Å². The highest BCUT2D eigenvalue weighted by atomic mass is 79.9. The molecule has 0 aliphatic rings. The lowest BCUT2D eigenvalue weighted by molar-refractivity contribution is -0.132. The van der Waals surface area contributed by atoms with E-state index < -0.39 is 0 Å². The van der Waals surface area contributed by atoms with Gasteiger partial charge in [0.2, 0.25) is 11.7 Å². The maximum Gasteiger partial charge on any atom is 0.260 e. The minimum atomic E-state index is -0.174. The van der Waals surface area contributed by atoms with Crippen LogP contribution in [-0.4, -0.2) is 34.6 Å². The van der Waals surface area contributed by atoms with E-state index in [-0.39, 0.29) is 19.1 Å². The maximum atomic E-state index is 12.3. The molecule has 0 bridgehead atoms. The van der Waals surface area contributed by atoms with Crippen LogP contribution in [0.5, 0.6) is 5.75 Å². The molecular weight excluding hydrogens is 418 g/mol. The number of halogens is 1. The minimum absolute atomic E-state index is 0.0630. The normalized spacial score (nSPS) is 10.7. The maximum absolute atomic E-state index is 12.3. The first kappa shape index (κ1) is 18.6. The Kier molecular flexibility index (Phi) is 6.05. The molecule has 0 N–H and O–H groups in total. The molecule has 3 aromatic rings. The SMILES string of the molecule is CCc1ccc(OCC(=O)N(C)Cc2nc(-c3cccs3)no2)c(Br)c1. The van der Waals surface area contributed by atoms with E-state index >= 15 is 0 Å². The van der Waals surface area contributed by atoms with Crippen molar-refractivity contribution in [2.24, 2.45) is 0 Å². The van der Waals surface area contributed by atoms with Gasteiger partial charge in [-0.3, -0.25) is 4.79 Å². The van der Waals surface area contributed by atoms with Gasteiger partial charge >= 0.3 is 0 Å². The van der Waals surface area contributed by atoms with Gasteiger partial charge in [-0.05, 0) is 51.5 Å². The highest BCUT2D eigenvalue weighted by molar-refractivity contribution is 9.10. The van der Waals surface area contributed by atoms with E-state index in [2.05, 4.69) is 33.0 Å². The molecule has 1 aromatic carbocycles. The second-order valence-corrected chi connectivity index (χ2v) is 7.45. The molecule has 3 rings (SSSR count). The van der Waals surface area contributed by atoms with Crippen LogP contribution < -0.4 is 4.74 Å². The molecule has 1 amide bonds. The van der Waals surface area contributed by atoms with E-state index in [9.17, 15) is 4.79 Å². The number of aryl methyl sites for hydroxylation is 1. The van der Waals surface area contributed by atoms with Gasteiger partial charge in [0.05, 0.1) is 15.9 Å². The second kappa shape index (κ2) is 8.46. The molecule has 0 aliphatic carbocycles. The zero-order valence-electron chi connectivity index (χ0n) is 14.4. The van der Waals surface area contributed by atoms with Gasteiger partial charge in [-0.1, -0.05) is 24.2 Å². The number of hydrogen-bond donors (Lipinski definition) is 0. The van der Waals surface area contributed by atoms with Crippen LogP contribution in [-0.2, 0) is 17.8 Å². The Morgan fingerprint density at radius 1 is 1.38 bits per heavy atom. The van der Waals surface area contributed by atoms with Crippen molar-refractivity contribution in [1.82, 2.24) is 15.0 Å². The van der Waals surface area contributed by atoms with Crippen molar-refractivity contribution in [2.75, 3.05) is 13.7 Å². The molecule has 0 radical (unpaired) electrons. The first-order valence-electron chi connectivity index (χ1n) is 8.08. The highest BCUT2D eigenvalue weighted by Crippen LogP contribution is 2.26. The number of nitrogens with zero attached hydrogens (tertiary/aromatic N) is 3. The van der Waals surface area contributed by atoms with Gasteiger partial charge in [0.1, 0.15) is 5.75 Å². The molecule has 0 aliphatic heterocycles. The van der Waals surface area contributed by atoms with Crippen molar-refractivity contribution in [3.8, 4) is 16.5 Å². The fourth-order valence-corrected chi connectivity index (χ4v) is 3.44. The van der Waals surface area contributed by atoms with Gasteiger partial charge < -0.3 is 14.2 Å². The van der Waals surface area contributed by atoms with Crippen molar-refractivity contribution in [1.29, 1.82) is 0 Å². The third kappa shape index (κ3) is 4.50. The number of hydrogen-bond acceptors (Lipinski definition) is 6. The van der Waals surface area contributed by atoms with Gasteiger partial charge in [0, 0.05) is 7.05 Å². The molecule has 0 saturated heterocycles. The summed E-state index contributed by atoms with van der Waals surface area (Å²) in [5, 5.41) is 5.89. The number of carbonyl (C=O) groups excluding carboxylic acids is 1. The van der Waals surface area contributed by atoms with Crippen LogP contribution in [0.3, 0.4) is 0 Å². The topological polar surface area (TPSA) is 68.5 Å². The van der Waals surface area contributed by atoms with Crippen LogP contribution in [0.4, 0.5) is 0 Å². The van der Waals surface area contributed by atoms with Gasteiger partial charge in [-0.15, -0.1) is 11.3 Å². The summed E-state index contributed by atoms with van der Waals surface area (Å²) in [7, 11) is 1.68. The summed E-state index contributed by atoms with van der Waals surface area (Å²) in [5.41, 5.74) is 1.20. The van der Waals surface area contributed by atoms with Crippen molar-refractivity contribution in [3.63, 3.8) is 0 Å². The number of benzene rings is 1. The Morgan fingerprint density at radius 2 is 2.23 bits per heavy atom. The van der Waals surface area contributed by atoms with Crippen molar-refractivity contribution in [2.45, 2.75) is 19.9 Å². The molecule has 2 aromatic heterocycles. The highest BCUT2D eigenvalue weighted by Gasteiger charge is 2.16. The summed E-state index contributed by atoms with van der Waals surface area (Å²) in [6.07, 6.45) is 0.943. The number of carbonyl (C=O) groups is 1. The van der Waals surface area contributed by atoms with Crippen LogP contribution in [0, 0.1) is 0 Å². The predicted molar refractivity (Wildman–Crippen MR) is 103 cm³/mol. The van der Waals surface area contributed by atoms with Crippen LogP contribution in [0.25, 0.3) is 10.7 Å². The molecule has 0 spiro atoms. The van der Waals surface area contributed by atoms with Crippen molar-refractivity contribution >= 4 is 33.2 Å². The number of likely N-dealkylation sites (N-methyl/N-ethyl adjacent to an activating group) is 1. The number of thiophene rings is 1. The fraction of sp³-hybridized carbons (Fsp3) is 0.278. The zero-order valence-corrected chi connectivity index (χ0v) is 16.8. The number of rotatable bonds is 7. The lowest BCUT2D eigenvalue weighted by atomic mass is 10.2. The quantitative estimate of drug-likeness (QED) is 0.557. The molecule has 0 atom stereocenters. The largest absolute Gasteiger partial charge is 0.483 e. The number of aromatic nitrogens is 2. The molecule has 136 valence electrons. The summed E-state index contributed by atoms with van der Waals surface area (Å²) < 4.78 is 11.7. The Morgan fingerprint density at radius 3 is 2.92 bits per heavy atom. The van der Waals surface area contributed by atoms with Gasteiger partial charge in [0.15, 0.2) is 6.61 Å². The summed E-state index contributed by atoms with van der Waals surface area (Å²) in [5.74, 6) is 1.39. The average molecular weight is 436 g/mol. The Hall–Kier alpha value is -2.19. The van der Waals surface area contributed by atoms with E-state index in [1.807, 2.05) is 35.7 Å². The van der Waals surface area contributed by atoms with Crippen LogP contribution in [0.1, 0.15) is 18.4 Å². The monoisotopic (exact) mass is 435 g/mol. The lowest BCUT2D eigenvalue weighted by Gasteiger charge is -2.16. The standard InChI is InChI=1S/C18H18BrN3O3S/c1-3-12-6-7-14(13(19)9-12)24-11-17(23)22(2)10-16-20-18(21-25-16)15-5-4-8-26-15/h4-9H,3,10-11H2,1-2H3. The van der Waals surface area contributed by atoms with Crippen LogP contribution in [0.15, 0.2) is 44.7 Å². The molecule has 0 unspecified atom stereocenters. The molecule has 26 heavy (non-hydrogen) atoms. The van der Waals surface area contributed by atoms with Crippen LogP contribution in [0.2, 0.25) is 0 Å². The molecule has 0 saturated carbocycles. The molecule has 0 fully saturated rings.